The largest absolute Gasteiger partial charge is 0.379 e. The number of benzene rings is 1. The van der Waals surface area contributed by atoms with Crippen molar-refractivity contribution in [3.8, 4) is 0 Å². The lowest BCUT2D eigenvalue weighted by atomic mass is 10.0. The van der Waals surface area contributed by atoms with E-state index in [9.17, 15) is 4.79 Å². The van der Waals surface area contributed by atoms with Crippen molar-refractivity contribution < 1.29 is 9.53 Å². The lowest BCUT2D eigenvalue weighted by molar-refractivity contribution is -0.125. The van der Waals surface area contributed by atoms with Gasteiger partial charge in [-0.05, 0) is 12.0 Å². The topological polar surface area (TPSA) is 64.3 Å². The van der Waals surface area contributed by atoms with Gasteiger partial charge in [0.05, 0.1) is 19.1 Å². The smallest absolute Gasteiger partial charge is 0.227 e. The van der Waals surface area contributed by atoms with Crippen LogP contribution in [-0.2, 0) is 9.53 Å². The predicted octanol–water partition coefficient (Wildman–Crippen LogP) is 0.632. The molecule has 0 bridgehead atoms. The van der Waals surface area contributed by atoms with Gasteiger partial charge in [-0.3, -0.25) is 4.79 Å². The summed E-state index contributed by atoms with van der Waals surface area (Å²) in [4.78, 5) is 12.0. The quantitative estimate of drug-likeness (QED) is 0.822. The van der Waals surface area contributed by atoms with Crippen LogP contribution in [0.1, 0.15) is 17.9 Å². The summed E-state index contributed by atoms with van der Waals surface area (Å²) < 4.78 is 5.22. The van der Waals surface area contributed by atoms with Gasteiger partial charge in [-0.1, -0.05) is 30.3 Å². The monoisotopic (exact) mass is 246 g/mol. The summed E-state index contributed by atoms with van der Waals surface area (Å²) in [5, 5.41) is 3.08. The molecule has 1 aromatic carbocycles. The van der Waals surface area contributed by atoms with E-state index in [2.05, 4.69) is 17.4 Å². The zero-order chi connectivity index (χ0) is 12.5. The van der Waals surface area contributed by atoms with Crippen LogP contribution in [0.4, 0.5) is 0 Å². The standard InChI is InChI=1S/C14H18N2O2/c15-12-8-18-7-11(12)14(17)16-13-6-10(13)9-4-2-1-3-5-9/h1-5,10-13H,6-8,15H2,(H,16,17). The Morgan fingerprint density at radius 3 is 2.72 bits per heavy atom. The van der Waals surface area contributed by atoms with Crippen molar-refractivity contribution in [2.24, 2.45) is 11.7 Å². The van der Waals surface area contributed by atoms with E-state index in [1.54, 1.807) is 0 Å². The molecule has 3 N–H and O–H groups in total. The summed E-state index contributed by atoms with van der Waals surface area (Å²) in [6.07, 6.45) is 1.03. The Hall–Kier alpha value is -1.39. The molecule has 1 heterocycles. The summed E-state index contributed by atoms with van der Waals surface area (Å²) in [6.45, 7) is 0.945. The Morgan fingerprint density at radius 2 is 2.06 bits per heavy atom. The normalized spacial score (nSPS) is 34.3. The summed E-state index contributed by atoms with van der Waals surface area (Å²) in [5.41, 5.74) is 7.14. The van der Waals surface area contributed by atoms with Crippen LogP contribution in [0, 0.1) is 5.92 Å². The van der Waals surface area contributed by atoms with Crippen LogP contribution in [0.25, 0.3) is 0 Å². The average Bonchev–Trinajstić information content (AvgIpc) is 3.01. The van der Waals surface area contributed by atoms with Crippen molar-refractivity contribution in [3.05, 3.63) is 35.9 Å². The maximum Gasteiger partial charge on any atom is 0.227 e. The van der Waals surface area contributed by atoms with Crippen LogP contribution in [0.3, 0.4) is 0 Å². The number of ether oxygens (including phenoxy) is 1. The number of amides is 1. The van der Waals surface area contributed by atoms with Gasteiger partial charge in [-0.25, -0.2) is 0 Å². The summed E-state index contributed by atoms with van der Waals surface area (Å²) in [7, 11) is 0. The van der Waals surface area contributed by atoms with E-state index in [1.165, 1.54) is 5.56 Å². The third kappa shape index (κ3) is 2.26. The lowest BCUT2D eigenvalue weighted by Crippen LogP contribution is -2.42. The SMILES string of the molecule is NC1COCC1C(=O)NC1CC1c1ccccc1. The van der Waals surface area contributed by atoms with Gasteiger partial charge < -0.3 is 15.8 Å². The highest BCUT2D eigenvalue weighted by Crippen LogP contribution is 2.40. The second-order valence-electron chi connectivity index (χ2n) is 5.18. The summed E-state index contributed by atoms with van der Waals surface area (Å²) in [6, 6.07) is 10.4. The first-order valence-corrected chi connectivity index (χ1v) is 6.44. The molecule has 2 aliphatic rings. The predicted molar refractivity (Wildman–Crippen MR) is 68.0 cm³/mol. The molecule has 1 aliphatic heterocycles. The van der Waals surface area contributed by atoms with E-state index >= 15 is 0 Å². The zero-order valence-electron chi connectivity index (χ0n) is 10.2. The van der Waals surface area contributed by atoms with E-state index in [0.717, 1.165) is 6.42 Å². The number of rotatable bonds is 3. The Bertz CT molecular complexity index is 435. The average molecular weight is 246 g/mol. The fourth-order valence-electron chi connectivity index (χ4n) is 2.55. The van der Waals surface area contributed by atoms with Gasteiger partial charge in [-0.2, -0.15) is 0 Å². The second-order valence-corrected chi connectivity index (χ2v) is 5.18. The molecule has 1 aromatic rings. The molecule has 2 fully saturated rings. The third-order valence-electron chi connectivity index (χ3n) is 3.81. The van der Waals surface area contributed by atoms with Gasteiger partial charge in [0.2, 0.25) is 5.91 Å². The number of carbonyl (C=O) groups excluding carboxylic acids is 1. The highest BCUT2D eigenvalue weighted by atomic mass is 16.5. The fraction of sp³-hybridized carbons (Fsp3) is 0.500. The minimum Gasteiger partial charge on any atom is -0.379 e. The Labute approximate surface area is 107 Å². The maximum atomic E-state index is 12.0. The Kier molecular flexibility index (Phi) is 3.06. The van der Waals surface area contributed by atoms with Gasteiger partial charge in [0.15, 0.2) is 0 Å². The van der Waals surface area contributed by atoms with Crippen LogP contribution < -0.4 is 11.1 Å². The van der Waals surface area contributed by atoms with Crippen molar-refractivity contribution in [3.63, 3.8) is 0 Å². The number of nitrogens with one attached hydrogen (secondary N) is 1. The van der Waals surface area contributed by atoms with Gasteiger partial charge >= 0.3 is 0 Å². The van der Waals surface area contributed by atoms with Crippen LogP contribution >= 0.6 is 0 Å². The maximum absolute atomic E-state index is 12.0. The third-order valence-corrected chi connectivity index (χ3v) is 3.81. The minimum atomic E-state index is -0.179. The van der Waals surface area contributed by atoms with Gasteiger partial charge in [0.25, 0.3) is 0 Å². The molecule has 1 amide bonds. The van der Waals surface area contributed by atoms with Gasteiger partial charge in [-0.15, -0.1) is 0 Å². The molecule has 3 rings (SSSR count). The molecule has 1 saturated heterocycles. The lowest BCUT2D eigenvalue weighted by Gasteiger charge is -2.13. The first-order chi connectivity index (χ1) is 8.75. The number of hydrogen-bond acceptors (Lipinski definition) is 3. The molecule has 96 valence electrons. The van der Waals surface area contributed by atoms with Crippen molar-refractivity contribution in [2.75, 3.05) is 13.2 Å². The molecule has 4 heteroatoms. The van der Waals surface area contributed by atoms with Crippen LogP contribution in [-0.4, -0.2) is 31.2 Å². The molecule has 4 unspecified atom stereocenters. The van der Waals surface area contributed by atoms with Crippen molar-refractivity contribution in [1.29, 1.82) is 0 Å². The highest BCUT2D eigenvalue weighted by Gasteiger charge is 2.41. The van der Waals surface area contributed by atoms with Crippen molar-refractivity contribution in [2.45, 2.75) is 24.4 Å². The Balaban J connectivity index is 1.55. The van der Waals surface area contributed by atoms with Gasteiger partial charge in [0, 0.05) is 18.0 Å². The van der Waals surface area contributed by atoms with Crippen molar-refractivity contribution >= 4 is 5.91 Å². The number of nitrogens with two attached hydrogens (primary N) is 1. The molecule has 1 aliphatic carbocycles. The second kappa shape index (κ2) is 4.71. The van der Waals surface area contributed by atoms with Crippen LogP contribution in [0.5, 0.6) is 0 Å². The zero-order valence-corrected chi connectivity index (χ0v) is 10.2. The molecule has 4 atom stereocenters. The molecule has 4 nitrogen and oxygen atoms in total. The van der Waals surface area contributed by atoms with E-state index < -0.39 is 0 Å². The molecule has 0 radical (unpaired) electrons. The fourth-order valence-corrected chi connectivity index (χ4v) is 2.55. The first-order valence-electron chi connectivity index (χ1n) is 6.44. The summed E-state index contributed by atoms with van der Waals surface area (Å²) >= 11 is 0. The molecule has 0 aromatic heterocycles. The Morgan fingerprint density at radius 1 is 1.28 bits per heavy atom. The molecular weight excluding hydrogens is 228 g/mol. The van der Waals surface area contributed by atoms with E-state index in [-0.39, 0.29) is 23.9 Å². The molecule has 0 spiro atoms. The van der Waals surface area contributed by atoms with Crippen LogP contribution in [0.15, 0.2) is 30.3 Å². The minimum absolute atomic E-state index is 0.0448. The molecule has 18 heavy (non-hydrogen) atoms. The number of hydrogen-bond donors (Lipinski definition) is 2. The number of carbonyl (C=O) groups is 1. The highest BCUT2D eigenvalue weighted by molar-refractivity contribution is 5.80. The van der Waals surface area contributed by atoms with E-state index in [1.807, 2.05) is 18.2 Å². The van der Waals surface area contributed by atoms with Gasteiger partial charge in [0.1, 0.15) is 0 Å². The molecular formula is C14H18N2O2. The van der Waals surface area contributed by atoms with Crippen molar-refractivity contribution in [1.82, 2.24) is 5.32 Å². The molecule has 1 saturated carbocycles. The first kappa shape index (κ1) is 11.7. The van der Waals surface area contributed by atoms with E-state index in [4.69, 9.17) is 10.5 Å². The summed E-state index contributed by atoms with van der Waals surface area (Å²) in [5.74, 6) is 0.333. The van der Waals surface area contributed by atoms with Crippen LogP contribution in [0.2, 0.25) is 0 Å². The van der Waals surface area contributed by atoms with E-state index in [0.29, 0.717) is 19.1 Å².